The van der Waals surface area contributed by atoms with Crippen LogP contribution in [0, 0.1) is 0 Å². The van der Waals surface area contributed by atoms with E-state index in [0.29, 0.717) is 0 Å². The van der Waals surface area contributed by atoms with Crippen LogP contribution in [0.4, 0.5) is 5.69 Å². The third kappa shape index (κ3) is 2.52. The van der Waals surface area contributed by atoms with Gasteiger partial charge < -0.3 is 4.90 Å². The summed E-state index contributed by atoms with van der Waals surface area (Å²) in [4.78, 5) is 2.13. The standard InChI is InChI=1S/C17H18N4/c1-3-9-17(20(2)14-10-5-4-6-11-14)21-16-13-8-7-12-15(16)18-19-21/h4-13H,3H2,1-2H3. The molecule has 0 atom stereocenters. The lowest BCUT2D eigenvalue weighted by atomic mass is 10.3. The number of hydrogen-bond acceptors (Lipinski definition) is 3. The molecule has 4 nitrogen and oxygen atoms in total. The zero-order valence-electron chi connectivity index (χ0n) is 12.3. The summed E-state index contributed by atoms with van der Waals surface area (Å²) in [7, 11) is 2.05. The minimum absolute atomic E-state index is 0.904. The summed E-state index contributed by atoms with van der Waals surface area (Å²) in [5.41, 5.74) is 3.04. The molecule has 0 radical (unpaired) electrons. The maximum atomic E-state index is 4.32. The molecule has 0 aliphatic heterocycles. The molecule has 4 heteroatoms. The molecule has 21 heavy (non-hydrogen) atoms. The smallest absolute Gasteiger partial charge is 0.132 e. The molecule has 0 amide bonds. The van der Waals surface area contributed by atoms with Crippen molar-refractivity contribution in [2.24, 2.45) is 0 Å². The second-order valence-corrected chi connectivity index (χ2v) is 4.86. The Morgan fingerprint density at radius 2 is 1.81 bits per heavy atom. The van der Waals surface area contributed by atoms with Crippen LogP contribution in [0.2, 0.25) is 0 Å². The quantitative estimate of drug-likeness (QED) is 0.728. The minimum Gasteiger partial charge on any atom is -0.330 e. The Morgan fingerprint density at radius 1 is 1.10 bits per heavy atom. The number of nitrogens with zero attached hydrogens (tertiary/aromatic N) is 4. The molecule has 0 N–H and O–H groups in total. The predicted molar refractivity (Wildman–Crippen MR) is 86.9 cm³/mol. The number of aromatic nitrogens is 3. The number of para-hydroxylation sites is 2. The van der Waals surface area contributed by atoms with Crippen LogP contribution >= 0.6 is 0 Å². The van der Waals surface area contributed by atoms with Gasteiger partial charge in [-0.3, -0.25) is 0 Å². The average molecular weight is 278 g/mol. The first-order chi connectivity index (χ1) is 10.3. The lowest BCUT2D eigenvalue weighted by Crippen LogP contribution is -2.21. The van der Waals surface area contributed by atoms with Crippen LogP contribution < -0.4 is 4.90 Å². The van der Waals surface area contributed by atoms with E-state index in [-0.39, 0.29) is 0 Å². The molecule has 0 fully saturated rings. The van der Waals surface area contributed by atoms with E-state index in [9.17, 15) is 0 Å². The molecule has 0 aliphatic carbocycles. The Balaban J connectivity index is 2.09. The van der Waals surface area contributed by atoms with Gasteiger partial charge in [-0.2, -0.15) is 4.68 Å². The fraction of sp³-hybridized carbons (Fsp3) is 0.176. The van der Waals surface area contributed by atoms with Crippen LogP contribution in [0.3, 0.4) is 0 Å². The van der Waals surface area contributed by atoms with Crippen LogP contribution in [-0.4, -0.2) is 22.0 Å². The van der Waals surface area contributed by atoms with Crippen molar-refractivity contribution in [1.82, 2.24) is 15.0 Å². The largest absolute Gasteiger partial charge is 0.330 e. The number of benzene rings is 2. The van der Waals surface area contributed by atoms with Gasteiger partial charge in [0.05, 0.1) is 5.52 Å². The van der Waals surface area contributed by atoms with Crippen molar-refractivity contribution in [2.75, 3.05) is 11.9 Å². The highest BCUT2D eigenvalue weighted by Crippen LogP contribution is 2.23. The Bertz CT molecular complexity index is 759. The molecule has 3 rings (SSSR count). The molecular weight excluding hydrogens is 260 g/mol. The topological polar surface area (TPSA) is 34.0 Å². The molecule has 2 aromatic carbocycles. The first kappa shape index (κ1) is 13.4. The summed E-state index contributed by atoms with van der Waals surface area (Å²) in [5, 5.41) is 8.56. The Hall–Kier alpha value is -2.62. The Labute approximate surface area is 124 Å². The second kappa shape index (κ2) is 5.79. The van der Waals surface area contributed by atoms with Crippen molar-refractivity contribution >= 4 is 22.5 Å². The van der Waals surface area contributed by atoms with Crippen molar-refractivity contribution in [3.8, 4) is 0 Å². The average Bonchev–Trinajstić information content (AvgIpc) is 2.97. The lowest BCUT2D eigenvalue weighted by molar-refractivity contribution is 0.812. The molecule has 1 heterocycles. The van der Waals surface area contributed by atoms with Gasteiger partial charge in [0.1, 0.15) is 11.3 Å². The van der Waals surface area contributed by atoms with E-state index < -0.39 is 0 Å². The predicted octanol–water partition coefficient (Wildman–Crippen LogP) is 3.78. The van der Waals surface area contributed by atoms with E-state index >= 15 is 0 Å². The first-order valence-electron chi connectivity index (χ1n) is 7.11. The summed E-state index contributed by atoms with van der Waals surface area (Å²) >= 11 is 0. The highest BCUT2D eigenvalue weighted by molar-refractivity contribution is 5.80. The number of hydrogen-bond donors (Lipinski definition) is 0. The fourth-order valence-electron chi connectivity index (χ4n) is 2.37. The number of fused-ring (bicyclic) bond motifs is 1. The van der Waals surface area contributed by atoms with E-state index in [1.165, 1.54) is 0 Å². The summed E-state index contributed by atoms with van der Waals surface area (Å²) < 4.78 is 1.89. The Kier molecular flexibility index (Phi) is 3.69. The SMILES string of the molecule is CCC=C(N(C)c1ccccc1)n1nnc2ccccc21. The van der Waals surface area contributed by atoms with Gasteiger partial charge in [0.25, 0.3) is 0 Å². The van der Waals surface area contributed by atoms with Gasteiger partial charge in [-0.05, 0) is 36.8 Å². The zero-order valence-corrected chi connectivity index (χ0v) is 12.3. The first-order valence-corrected chi connectivity index (χ1v) is 7.11. The Morgan fingerprint density at radius 3 is 2.57 bits per heavy atom. The normalized spacial score (nSPS) is 11.8. The monoisotopic (exact) mass is 278 g/mol. The number of allylic oxidation sites excluding steroid dienone is 1. The van der Waals surface area contributed by atoms with E-state index in [4.69, 9.17) is 0 Å². The van der Waals surface area contributed by atoms with Crippen LogP contribution in [0.5, 0.6) is 0 Å². The second-order valence-electron chi connectivity index (χ2n) is 4.86. The summed E-state index contributed by atoms with van der Waals surface area (Å²) in [6.07, 6.45) is 3.09. The molecule has 0 saturated heterocycles. The maximum absolute atomic E-state index is 4.32. The van der Waals surface area contributed by atoms with Crippen molar-refractivity contribution < 1.29 is 0 Å². The van der Waals surface area contributed by atoms with Crippen molar-refractivity contribution in [3.05, 3.63) is 60.7 Å². The van der Waals surface area contributed by atoms with Crippen molar-refractivity contribution in [3.63, 3.8) is 0 Å². The van der Waals surface area contributed by atoms with Gasteiger partial charge in [0, 0.05) is 12.7 Å². The third-order valence-corrected chi connectivity index (χ3v) is 3.44. The molecular formula is C17H18N4. The fourth-order valence-corrected chi connectivity index (χ4v) is 2.37. The van der Waals surface area contributed by atoms with Crippen LogP contribution in [0.15, 0.2) is 60.7 Å². The third-order valence-electron chi connectivity index (χ3n) is 3.44. The van der Waals surface area contributed by atoms with Crippen molar-refractivity contribution in [1.29, 1.82) is 0 Å². The van der Waals surface area contributed by atoms with Crippen molar-refractivity contribution in [2.45, 2.75) is 13.3 Å². The number of anilines is 1. The van der Waals surface area contributed by atoms with E-state index in [2.05, 4.69) is 40.3 Å². The van der Waals surface area contributed by atoms with Gasteiger partial charge in [0.15, 0.2) is 0 Å². The minimum atomic E-state index is 0.904. The van der Waals surface area contributed by atoms with Gasteiger partial charge in [-0.1, -0.05) is 42.5 Å². The summed E-state index contributed by atoms with van der Waals surface area (Å²) in [5.74, 6) is 1.01. The molecule has 0 saturated carbocycles. The van der Waals surface area contributed by atoms with Gasteiger partial charge >= 0.3 is 0 Å². The van der Waals surface area contributed by atoms with E-state index in [1.54, 1.807) is 0 Å². The van der Waals surface area contributed by atoms with Crippen LogP contribution in [0.1, 0.15) is 13.3 Å². The van der Waals surface area contributed by atoms with Gasteiger partial charge in [0.2, 0.25) is 0 Å². The number of rotatable bonds is 4. The molecule has 106 valence electrons. The van der Waals surface area contributed by atoms with Gasteiger partial charge in [-0.15, -0.1) is 5.10 Å². The lowest BCUT2D eigenvalue weighted by Gasteiger charge is -2.22. The van der Waals surface area contributed by atoms with Crippen LogP contribution in [0.25, 0.3) is 16.9 Å². The van der Waals surface area contributed by atoms with Crippen LogP contribution in [-0.2, 0) is 0 Å². The highest BCUT2D eigenvalue weighted by Gasteiger charge is 2.13. The molecule has 3 aromatic rings. The summed E-state index contributed by atoms with van der Waals surface area (Å²) in [6.45, 7) is 2.12. The molecule has 0 spiro atoms. The molecule has 0 aliphatic rings. The van der Waals surface area contributed by atoms with E-state index in [1.807, 2.05) is 54.2 Å². The van der Waals surface area contributed by atoms with E-state index in [0.717, 1.165) is 29.0 Å². The highest BCUT2D eigenvalue weighted by atomic mass is 15.5. The van der Waals surface area contributed by atoms with Gasteiger partial charge in [-0.25, -0.2) is 0 Å². The zero-order chi connectivity index (χ0) is 14.7. The molecule has 1 aromatic heterocycles. The molecule has 0 bridgehead atoms. The maximum Gasteiger partial charge on any atom is 0.132 e. The summed E-state index contributed by atoms with van der Waals surface area (Å²) in [6, 6.07) is 18.3. The molecule has 0 unspecified atom stereocenters.